The van der Waals surface area contributed by atoms with Crippen LogP contribution in [0, 0.1) is 15.9 Å². The number of nitro groups is 1. The van der Waals surface area contributed by atoms with E-state index in [9.17, 15) is 28.1 Å². The molecular weight excluding hydrogens is 247 g/mol. The Morgan fingerprint density at radius 2 is 2.06 bits per heavy atom. The van der Waals surface area contributed by atoms with E-state index in [1.165, 1.54) is 0 Å². The fraction of sp³-hybridized carbons (Fsp3) is 0.125. The number of halogens is 3. The maximum absolute atomic E-state index is 13.2. The van der Waals surface area contributed by atoms with Crippen molar-refractivity contribution in [2.45, 2.75) is 6.61 Å². The molecule has 0 unspecified atom stereocenters. The van der Waals surface area contributed by atoms with Crippen LogP contribution < -0.4 is 4.74 Å². The van der Waals surface area contributed by atoms with Crippen molar-refractivity contribution in [2.24, 2.45) is 0 Å². The monoisotopic (exact) mass is 251 g/mol. The SMILES string of the molecule is O=C(O)c1cc(F)c(OC(F)F)c([N+](=O)[O-])c1. The van der Waals surface area contributed by atoms with Crippen molar-refractivity contribution in [3.05, 3.63) is 33.6 Å². The second-order valence-electron chi connectivity index (χ2n) is 2.75. The molecule has 1 rings (SSSR count). The maximum Gasteiger partial charge on any atom is 0.387 e. The normalized spacial score (nSPS) is 10.4. The molecule has 0 aliphatic rings. The van der Waals surface area contributed by atoms with Gasteiger partial charge in [0.2, 0.25) is 5.75 Å². The Bertz CT molecular complexity index is 476. The number of carbonyl (C=O) groups is 1. The van der Waals surface area contributed by atoms with E-state index in [4.69, 9.17) is 5.11 Å². The van der Waals surface area contributed by atoms with E-state index in [0.29, 0.717) is 12.1 Å². The van der Waals surface area contributed by atoms with Crippen LogP contribution in [-0.2, 0) is 0 Å². The predicted molar refractivity (Wildman–Crippen MR) is 46.6 cm³/mol. The number of hydrogen-bond donors (Lipinski definition) is 1. The minimum Gasteiger partial charge on any atom is -0.478 e. The molecule has 0 bridgehead atoms. The molecule has 0 saturated carbocycles. The van der Waals surface area contributed by atoms with E-state index in [0.717, 1.165) is 0 Å². The first-order chi connectivity index (χ1) is 7.82. The van der Waals surface area contributed by atoms with Crippen LogP contribution >= 0.6 is 0 Å². The molecule has 0 heterocycles. The van der Waals surface area contributed by atoms with Crippen molar-refractivity contribution in [1.82, 2.24) is 0 Å². The number of nitro benzene ring substituents is 1. The summed E-state index contributed by atoms with van der Waals surface area (Å²) >= 11 is 0. The lowest BCUT2D eigenvalue weighted by Crippen LogP contribution is -2.08. The van der Waals surface area contributed by atoms with Crippen molar-refractivity contribution < 1.29 is 32.7 Å². The molecule has 0 aromatic heterocycles. The van der Waals surface area contributed by atoms with Crippen LogP contribution in [0.15, 0.2) is 12.1 Å². The molecule has 1 N–H and O–H groups in total. The first-order valence-electron chi connectivity index (χ1n) is 3.99. The van der Waals surface area contributed by atoms with Gasteiger partial charge < -0.3 is 9.84 Å². The Morgan fingerprint density at radius 3 is 2.47 bits per heavy atom. The van der Waals surface area contributed by atoms with Crippen molar-refractivity contribution in [1.29, 1.82) is 0 Å². The van der Waals surface area contributed by atoms with Gasteiger partial charge in [-0.15, -0.1) is 0 Å². The van der Waals surface area contributed by atoms with Gasteiger partial charge in [-0.2, -0.15) is 8.78 Å². The smallest absolute Gasteiger partial charge is 0.387 e. The van der Waals surface area contributed by atoms with Gasteiger partial charge in [-0.3, -0.25) is 10.1 Å². The van der Waals surface area contributed by atoms with Gasteiger partial charge in [0.1, 0.15) is 0 Å². The molecule has 1 aromatic rings. The Kier molecular flexibility index (Phi) is 3.51. The summed E-state index contributed by atoms with van der Waals surface area (Å²) < 4.78 is 40.5. The molecule has 0 saturated heterocycles. The molecule has 0 aliphatic heterocycles. The minimum atomic E-state index is -3.46. The number of rotatable bonds is 4. The van der Waals surface area contributed by atoms with Gasteiger partial charge >= 0.3 is 18.3 Å². The van der Waals surface area contributed by atoms with Gasteiger partial charge in [0, 0.05) is 6.07 Å². The summed E-state index contributed by atoms with van der Waals surface area (Å²) in [5.74, 6) is -4.47. The summed E-state index contributed by atoms with van der Waals surface area (Å²) in [7, 11) is 0. The van der Waals surface area contributed by atoms with Gasteiger partial charge in [-0.05, 0) is 6.07 Å². The van der Waals surface area contributed by atoms with Crippen molar-refractivity contribution in [2.75, 3.05) is 0 Å². The van der Waals surface area contributed by atoms with Crippen LogP contribution in [0.2, 0.25) is 0 Å². The van der Waals surface area contributed by atoms with Crippen LogP contribution in [0.4, 0.5) is 18.9 Å². The van der Waals surface area contributed by atoms with Crippen molar-refractivity contribution in [3.63, 3.8) is 0 Å². The van der Waals surface area contributed by atoms with Gasteiger partial charge in [-0.25, -0.2) is 9.18 Å². The van der Waals surface area contributed by atoms with Crippen LogP contribution in [-0.4, -0.2) is 22.6 Å². The maximum atomic E-state index is 13.2. The summed E-state index contributed by atoms with van der Waals surface area (Å²) in [5.41, 5.74) is -1.92. The molecule has 92 valence electrons. The molecule has 0 amide bonds. The van der Waals surface area contributed by atoms with E-state index in [1.54, 1.807) is 0 Å². The number of benzene rings is 1. The number of hydrogen-bond acceptors (Lipinski definition) is 4. The van der Waals surface area contributed by atoms with Crippen LogP contribution in [0.1, 0.15) is 10.4 Å². The van der Waals surface area contributed by atoms with Crippen LogP contribution in [0.5, 0.6) is 5.75 Å². The van der Waals surface area contributed by atoms with Crippen LogP contribution in [0.25, 0.3) is 0 Å². The Labute approximate surface area is 91.4 Å². The average Bonchev–Trinajstić information content (AvgIpc) is 2.19. The standard InChI is InChI=1S/C8H4F3NO5/c9-4-1-3(7(13)14)2-5(12(15)16)6(4)17-8(10)11/h1-2,8H,(H,13,14). The summed E-state index contributed by atoms with van der Waals surface area (Å²) in [4.78, 5) is 19.7. The first kappa shape index (κ1) is 12.7. The molecule has 6 nitrogen and oxygen atoms in total. The summed E-state index contributed by atoms with van der Waals surface area (Å²) in [5, 5.41) is 19.0. The zero-order chi connectivity index (χ0) is 13.2. The Hall–Kier alpha value is -2.32. The third kappa shape index (κ3) is 2.83. The Morgan fingerprint density at radius 1 is 1.47 bits per heavy atom. The van der Waals surface area contributed by atoms with Gasteiger partial charge in [0.05, 0.1) is 10.5 Å². The molecule has 0 atom stereocenters. The third-order valence-corrected chi connectivity index (χ3v) is 1.67. The van der Waals surface area contributed by atoms with E-state index >= 15 is 0 Å². The highest BCUT2D eigenvalue weighted by molar-refractivity contribution is 5.89. The predicted octanol–water partition coefficient (Wildman–Crippen LogP) is 2.03. The number of aromatic carboxylic acids is 1. The molecule has 1 aromatic carbocycles. The second-order valence-corrected chi connectivity index (χ2v) is 2.75. The van der Waals surface area contributed by atoms with Gasteiger partial charge in [-0.1, -0.05) is 0 Å². The Balaban J connectivity index is 3.38. The number of alkyl halides is 2. The highest BCUT2D eigenvalue weighted by Crippen LogP contribution is 2.32. The van der Waals surface area contributed by atoms with Crippen molar-refractivity contribution >= 4 is 11.7 Å². The average molecular weight is 251 g/mol. The van der Waals surface area contributed by atoms with E-state index in [-0.39, 0.29) is 0 Å². The summed E-state index contributed by atoms with van der Waals surface area (Å²) in [6.07, 6.45) is 0. The molecule has 0 aliphatic carbocycles. The zero-order valence-corrected chi connectivity index (χ0v) is 7.89. The number of carboxylic acids is 1. The quantitative estimate of drug-likeness (QED) is 0.653. The molecule has 9 heteroatoms. The second kappa shape index (κ2) is 4.68. The first-order valence-corrected chi connectivity index (χ1v) is 3.99. The van der Waals surface area contributed by atoms with E-state index in [2.05, 4.69) is 4.74 Å². The molecular formula is C8H4F3NO5. The lowest BCUT2D eigenvalue weighted by molar-refractivity contribution is -0.386. The minimum absolute atomic E-state index is 0.354. The van der Waals surface area contributed by atoms with Crippen LogP contribution in [0.3, 0.4) is 0 Å². The van der Waals surface area contributed by atoms with Crippen molar-refractivity contribution in [3.8, 4) is 5.75 Å². The van der Waals surface area contributed by atoms with Gasteiger partial charge in [0.15, 0.2) is 5.82 Å². The largest absolute Gasteiger partial charge is 0.478 e. The van der Waals surface area contributed by atoms with E-state index in [1.807, 2.05) is 0 Å². The zero-order valence-electron chi connectivity index (χ0n) is 7.89. The third-order valence-electron chi connectivity index (χ3n) is 1.67. The van der Waals surface area contributed by atoms with E-state index < -0.39 is 40.3 Å². The molecule has 0 radical (unpaired) electrons. The topological polar surface area (TPSA) is 89.7 Å². The lowest BCUT2D eigenvalue weighted by atomic mass is 10.2. The highest BCUT2D eigenvalue weighted by Gasteiger charge is 2.26. The lowest BCUT2D eigenvalue weighted by Gasteiger charge is -2.06. The van der Waals surface area contributed by atoms with Gasteiger partial charge in [0.25, 0.3) is 0 Å². The number of nitrogens with zero attached hydrogens (tertiary/aromatic N) is 1. The summed E-state index contributed by atoms with van der Waals surface area (Å²) in [6.45, 7) is -3.46. The number of carboxylic acid groups (broad SMARTS) is 1. The molecule has 17 heavy (non-hydrogen) atoms. The fourth-order valence-corrected chi connectivity index (χ4v) is 1.04. The molecule has 0 spiro atoms. The summed E-state index contributed by atoms with van der Waals surface area (Å²) in [6, 6.07) is 0.788. The molecule has 0 fully saturated rings. The highest BCUT2D eigenvalue weighted by atomic mass is 19.3. The fourth-order valence-electron chi connectivity index (χ4n) is 1.04. The number of ether oxygens (including phenoxy) is 1.